The second-order valence-corrected chi connectivity index (χ2v) is 7.84. The molecule has 0 saturated heterocycles. The van der Waals surface area contributed by atoms with Crippen molar-refractivity contribution in [3.63, 3.8) is 0 Å². The first kappa shape index (κ1) is 18.8. The Labute approximate surface area is 157 Å². The highest BCUT2D eigenvalue weighted by molar-refractivity contribution is 7.89. The van der Waals surface area contributed by atoms with Gasteiger partial charge in [0.15, 0.2) is 0 Å². The van der Waals surface area contributed by atoms with Crippen LogP contribution in [0.15, 0.2) is 65.7 Å². The number of hydrogen-bond acceptors (Lipinski definition) is 4. The molecule has 140 valence electrons. The fourth-order valence-corrected chi connectivity index (χ4v) is 3.23. The van der Waals surface area contributed by atoms with E-state index in [1.54, 1.807) is 23.7 Å². The second kappa shape index (κ2) is 7.34. The minimum Gasteiger partial charge on any atom is -0.481 e. The van der Waals surface area contributed by atoms with Crippen molar-refractivity contribution in [2.45, 2.75) is 18.2 Å². The summed E-state index contributed by atoms with van der Waals surface area (Å²) in [6.07, 6.45) is 2.09. The van der Waals surface area contributed by atoms with Crippen molar-refractivity contribution in [2.24, 2.45) is 11.1 Å². The first-order valence-electron chi connectivity index (χ1n) is 8.25. The summed E-state index contributed by atoms with van der Waals surface area (Å²) in [5.74, 6) is -1.47. The van der Waals surface area contributed by atoms with Gasteiger partial charge in [0, 0.05) is 18.2 Å². The molecule has 0 aliphatic carbocycles. The maximum Gasteiger partial charge on any atom is 0.306 e. The topological polar surface area (TPSA) is 115 Å². The standard InChI is InChI=1S/C19H19N3O4S/c1-13(19(23)24)11-18-17(14-5-3-2-4-6-14)12-22(21-18)15-7-9-16(10-8-15)27(20,25)26/h2-10,12-13H,11H2,1H3,(H,23,24)(H2,20,25,26). The van der Waals surface area contributed by atoms with Crippen LogP contribution in [0.5, 0.6) is 0 Å². The molecular formula is C19H19N3O4S. The molecule has 8 heteroatoms. The number of sulfonamides is 1. The molecule has 0 saturated carbocycles. The summed E-state index contributed by atoms with van der Waals surface area (Å²) in [6.45, 7) is 1.64. The van der Waals surface area contributed by atoms with Crippen molar-refractivity contribution in [1.82, 2.24) is 9.78 Å². The third kappa shape index (κ3) is 4.24. The van der Waals surface area contributed by atoms with E-state index in [0.717, 1.165) is 11.1 Å². The highest BCUT2D eigenvalue weighted by atomic mass is 32.2. The lowest BCUT2D eigenvalue weighted by Gasteiger charge is -2.06. The van der Waals surface area contributed by atoms with E-state index in [-0.39, 0.29) is 11.3 Å². The molecule has 7 nitrogen and oxygen atoms in total. The van der Waals surface area contributed by atoms with Gasteiger partial charge in [-0.25, -0.2) is 18.2 Å². The second-order valence-electron chi connectivity index (χ2n) is 6.28. The van der Waals surface area contributed by atoms with E-state index in [0.29, 0.717) is 11.4 Å². The maximum absolute atomic E-state index is 11.4. The number of carbonyl (C=O) groups is 1. The predicted octanol–water partition coefficient (Wildman–Crippen LogP) is 2.45. The van der Waals surface area contributed by atoms with Gasteiger partial charge in [-0.2, -0.15) is 5.10 Å². The van der Waals surface area contributed by atoms with Crippen LogP contribution < -0.4 is 5.14 Å². The Kier molecular flexibility index (Phi) is 5.11. The van der Waals surface area contributed by atoms with E-state index in [2.05, 4.69) is 5.10 Å². The number of aliphatic carboxylic acids is 1. The molecule has 2 aromatic carbocycles. The van der Waals surface area contributed by atoms with Crippen molar-refractivity contribution in [3.05, 3.63) is 66.5 Å². The van der Waals surface area contributed by atoms with Gasteiger partial charge in [-0.05, 0) is 29.8 Å². The molecule has 0 spiro atoms. The van der Waals surface area contributed by atoms with Gasteiger partial charge in [0.2, 0.25) is 10.0 Å². The molecule has 0 radical (unpaired) electrons. The summed E-state index contributed by atoms with van der Waals surface area (Å²) in [7, 11) is -3.77. The Morgan fingerprint density at radius 2 is 1.78 bits per heavy atom. The number of nitrogens with zero attached hydrogens (tertiary/aromatic N) is 2. The van der Waals surface area contributed by atoms with Crippen LogP contribution in [0.1, 0.15) is 12.6 Å². The highest BCUT2D eigenvalue weighted by Gasteiger charge is 2.19. The molecule has 0 aliphatic heterocycles. The quantitative estimate of drug-likeness (QED) is 0.676. The smallest absolute Gasteiger partial charge is 0.306 e. The lowest BCUT2D eigenvalue weighted by Crippen LogP contribution is -2.13. The Hall–Kier alpha value is -2.97. The molecule has 1 aromatic heterocycles. The maximum atomic E-state index is 11.4. The zero-order valence-electron chi connectivity index (χ0n) is 14.6. The normalized spacial score (nSPS) is 12.7. The molecule has 0 amide bonds. The van der Waals surface area contributed by atoms with Gasteiger partial charge in [0.25, 0.3) is 0 Å². The van der Waals surface area contributed by atoms with Gasteiger partial charge in [-0.15, -0.1) is 0 Å². The minimum atomic E-state index is -3.77. The monoisotopic (exact) mass is 385 g/mol. The first-order chi connectivity index (χ1) is 12.8. The fraction of sp³-hybridized carbons (Fsp3) is 0.158. The molecule has 3 rings (SSSR count). The number of primary sulfonamides is 1. The van der Waals surface area contributed by atoms with Gasteiger partial charge < -0.3 is 5.11 Å². The SMILES string of the molecule is CC(Cc1nn(-c2ccc(S(N)(=O)=O)cc2)cc1-c1ccccc1)C(=O)O. The largest absolute Gasteiger partial charge is 0.481 e. The lowest BCUT2D eigenvalue weighted by atomic mass is 9.99. The van der Waals surface area contributed by atoms with Crippen LogP contribution >= 0.6 is 0 Å². The van der Waals surface area contributed by atoms with Crippen LogP contribution in [-0.4, -0.2) is 29.3 Å². The molecule has 3 aromatic rings. The van der Waals surface area contributed by atoms with Crippen LogP contribution in [-0.2, 0) is 21.2 Å². The molecule has 27 heavy (non-hydrogen) atoms. The van der Waals surface area contributed by atoms with Crippen LogP contribution in [0.2, 0.25) is 0 Å². The molecule has 0 fully saturated rings. The summed E-state index contributed by atoms with van der Waals surface area (Å²) >= 11 is 0. The average molecular weight is 385 g/mol. The van der Waals surface area contributed by atoms with Crippen LogP contribution in [0.3, 0.4) is 0 Å². The van der Waals surface area contributed by atoms with Gasteiger partial charge in [0.05, 0.1) is 22.2 Å². The van der Waals surface area contributed by atoms with Crippen molar-refractivity contribution >= 4 is 16.0 Å². The van der Waals surface area contributed by atoms with Gasteiger partial charge >= 0.3 is 5.97 Å². The minimum absolute atomic E-state index is 0.0152. The molecule has 1 unspecified atom stereocenters. The lowest BCUT2D eigenvalue weighted by molar-refractivity contribution is -0.141. The number of carboxylic acid groups (broad SMARTS) is 1. The highest BCUT2D eigenvalue weighted by Crippen LogP contribution is 2.26. The summed E-state index contributed by atoms with van der Waals surface area (Å²) in [5, 5.41) is 18.9. The summed E-state index contributed by atoms with van der Waals surface area (Å²) in [6, 6.07) is 15.6. The number of nitrogens with two attached hydrogens (primary N) is 1. The first-order valence-corrected chi connectivity index (χ1v) is 9.80. The van der Waals surface area contributed by atoms with Crippen LogP contribution in [0, 0.1) is 5.92 Å². The molecular weight excluding hydrogens is 366 g/mol. The Morgan fingerprint density at radius 3 is 2.33 bits per heavy atom. The van der Waals surface area contributed by atoms with Crippen molar-refractivity contribution in [3.8, 4) is 16.8 Å². The number of rotatable bonds is 6. The summed E-state index contributed by atoms with van der Waals surface area (Å²) in [5.41, 5.74) is 3.07. The van der Waals surface area contributed by atoms with E-state index in [1.165, 1.54) is 12.1 Å². The molecule has 1 heterocycles. The summed E-state index contributed by atoms with van der Waals surface area (Å²) in [4.78, 5) is 11.3. The molecule has 3 N–H and O–H groups in total. The van der Waals surface area contributed by atoms with E-state index in [4.69, 9.17) is 5.14 Å². The predicted molar refractivity (Wildman–Crippen MR) is 101 cm³/mol. The van der Waals surface area contributed by atoms with Crippen molar-refractivity contribution in [2.75, 3.05) is 0 Å². The molecule has 0 bridgehead atoms. The Balaban J connectivity index is 2.04. The Morgan fingerprint density at radius 1 is 1.15 bits per heavy atom. The van der Waals surface area contributed by atoms with Crippen LogP contribution in [0.25, 0.3) is 16.8 Å². The van der Waals surface area contributed by atoms with Gasteiger partial charge in [-0.3, -0.25) is 4.79 Å². The Bertz CT molecular complexity index is 1060. The van der Waals surface area contributed by atoms with E-state index in [9.17, 15) is 18.3 Å². The number of benzene rings is 2. The average Bonchev–Trinajstić information content (AvgIpc) is 3.05. The van der Waals surface area contributed by atoms with Crippen molar-refractivity contribution < 1.29 is 18.3 Å². The van der Waals surface area contributed by atoms with Crippen molar-refractivity contribution in [1.29, 1.82) is 0 Å². The van der Waals surface area contributed by atoms with Crippen LogP contribution in [0.4, 0.5) is 0 Å². The third-order valence-electron chi connectivity index (χ3n) is 4.23. The summed E-state index contributed by atoms with van der Waals surface area (Å²) < 4.78 is 24.4. The van der Waals surface area contributed by atoms with E-state index in [1.807, 2.05) is 36.5 Å². The van der Waals surface area contributed by atoms with Gasteiger partial charge in [0.1, 0.15) is 0 Å². The number of aromatic nitrogens is 2. The fourth-order valence-electron chi connectivity index (χ4n) is 2.72. The van der Waals surface area contributed by atoms with E-state index >= 15 is 0 Å². The van der Waals surface area contributed by atoms with Gasteiger partial charge in [-0.1, -0.05) is 37.3 Å². The molecule has 1 atom stereocenters. The van der Waals surface area contributed by atoms with E-state index < -0.39 is 21.9 Å². The molecule has 0 aliphatic rings. The zero-order chi connectivity index (χ0) is 19.6. The number of hydrogen-bond donors (Lipinski definition) is 2. The third-order valence-corrected chi connectivity index (χ3v) is 5.16. The number of carboxylic acids is 1. The zero-order valence-corrected chi connectivity index (χ0v) is 15.4.